The minimum atomic E-state index is -0.0308. The van der Waals surface area contributed by atoms with E-state index in [1.807, 2.05) is 12.4 Å². The molecule has 1 aromatic heterocycles. The van der Waals surface area contributed by atoms with Gasteiger partial charge in [0.2, 0.25) is 0 Å². The number of benzene rings is 5. The molecule has 0 fully saturated rings. The van der Waals surface area contributed by atoms with Crippen LogP contribution in [0.3, 0.4) is 0 Å². The van der Waals surface area contributed by atoms with Crippen molar-refractivity contribution in [2.45, 2.75) is 26.2 Å². The Morgan fingerprint density at radius 2 is 1.17 bits per heavy atom. The molecule has 0 bridgehead atoms. The first-order valence-corrected chi connectivity index (χ1v) is 12.6. The topological polar surface area (TPSA) is 12.9 Å². The van der Waals surface area contributed by atoms with Crippen molar-refractivity contribution in [3.8, 4) is 33.4 Å². The van der Waals surface area contributed by atoms with Gasteiger partial charge in [0.25, 0.3) is 0 Å². The van der Waals surface area contributed by atoms with Crippen LogP contribution in [-0.2, 0) is 5.41 Å². The van der Waals surface area contributed by atoms with Gasteiger partial charge in [0.1, 0.15) is 0 Å². The molecule has 0 radical (unpaired) electrons. The zero-order valence-electron chi connectivity index (χ0n) is 20.8. The third-order valence-electron chi connectivity index (χ3n) is 8.04. The normalized spacial score (nSPS) is 13.6. The maximum atomic E-state index is 4.57. The second kappa shape index (κ2) is 7.63. The van der Waals surface area contributed by atoms with Gasteiger partial charge in [-0.3, -0.25) is 4.98 Å². The van der Waals surface area contributed by atoms with Gasteiger partial charge in [0, 0.05) is 23.2 Å². The van der Waals surface area contributed by atoms with E-state index in [-0.39, 0.29) is 5.41 Å². The number of fused-ring (bicyclic) bond motifs is 5. The van der Waals surface area contributed by atoms with E-state index in [2.05, 4.69) is 123 Å². The van der Waals surface area contributed by atoms with Gasteiger partial charge >= 0.3 is 0 Å². The number of aromatic nitrogens is 1. The van der Waals surface area contributed by atoms with Crippen LogP contribution in [0.4, 0.5) is 0 Å². The third kappa shape index (κ3) is 2.93. The number of nitrogens with zero attached hydrogens (tertiary/aromatic N) is 1. The summed E-state index contributed by atoms with van der Waals surface area (Å²) in [6, 6.07) is 35.8. The minimum absolute atomic E-state index is 0.0308. The molecule has 7 rings (SSSR count). The minimum Gasteiger partial charge on any atom is -0.264 e. The summed E-state index contributed by atoms with van der Waals surface area (Å²) in [7, 11) is 0. The van der Waals surface area contributed by atoms with Crippen LogP contribution in [0.25, 0.3) is 54.9 Å². The number of hydrogen-bond acceptors (Lipinski definition) is 1. The lowest BCUT2D eigenvalue weighted by molar-refractivity contribution is 0.660. The van der Waals surface area contributed by atoms with Crippen LogP contribution in [0.5, 0.6) is 0 Å². The molecule has 0 atom stereocenters. The molecule has 6 aromatic rings. The molecule has 0 saturated heterocycles. The predicted molar refractivity (Wildman–Crippen MR) is 152 cm³/mol. The van der Waals surface area contributed by atoms with Crippen molar-refractivity contribution in [2.75, 3.05) is 0 Å². The van der Waals surface area contributed by atoms with E-state index in [1.165, 1.54) is 71.6 Å². The second-order valence-corrected chi connectivity index (χ2v) is 10.5. The van der Waals surface area contributed by atoms with Gasteiger partial charge in [-0.05, 0) is 79.7 Å². The van der Waals surface area contributed by atoms with Crippen LogP contribution in [0.1, 0.15) is 30.5 Å². The maximum absolute atomic E-state index is 4.57. The Bertz CT molecular complexity index is 1750. The van der Waals surface area contributed by atoms with Crippen molar-refractivity contribution in [3.05, 3.63) is 126 Å². The second-order valence-electron chi connectivity index (χ2n) is 10.5. The number of pyridine rings is 1. The molecule has 5 aromatic carbocycles. The monoisotopic (exact) mass is 461 g/mol. The summed E-state index contributed by atoms with van der Waals surface area (Å²) in [4.78, 5) is 4.57. The largest absolute Gasteiger partial charge is 0.264 e. The van der Waals surface area contributed by atoms with Gasteiger partial charge in [0.05, 0.1) is 0 Å². The molecule has 36 heavy (non-hydrogen) atoms. The molecule has 1 aliphatic rings. The molecular formula is C35H27N. The summed E-state index contributed by atoms with van der Waals surface area (Å²) < 4.78 is 0. The fourth-order valence-electron chi connectivity index (χ4n) is 6.22. The van der Waals surface area contributed by atoms with Crippen molar-refractivity contribution in [3.63, 3.8) is 0 Å². The molecule has 0 saturated carbocycles. The summed E-state index contributed by atoms with van der Waals surface area (Å²) in [6.07, 6.45) is 3.96. The molecule has 0 unspecified atom stereocenters. The van der Waals surface area contributed by atoms with Crippen LogP contribution >= 0.6 is 0 Å². The van der Waals surface area contributed by atoms with Crippen LogP contribution < -0.4 is 0 Å². The zero-order chi connectivity index (χ0) is 24.4. The lowest BCUT2D eigenvalue weighted by atomic mass is 9.80. The van der Waals surface area contributed by atoms with E-state index in [1.54, 1.807) is 0 Å². The Balaban J connectivity index is 1.56. The van der Waals surface area contributed by atoms with Crippen LogP contribution in [0.2, 0.25) is 0 Å². The molecule has 1 heterocycles. The molecule has 0 aliphatic heterocycles. The van der Waals surface area contributed by atoms with Gasteiger partial charge in [-0.2, -0.15) is 0 Å². The SMILES string of the molecule is Cc1ccc(-c2c3ccccc3c(-c3ccc4c(c3)C(C)(C)c3ccccc3-4)c3ccncc23)cc1. The highest BCUT2D eigenvalue weighted by Gasteiger charge is 2.35. The highest BCUT2D eigenvalue weighted by Crippen LogP contribution is 2.51. The summed E-state index contributed by atoms with van der Waals surface area (Å²) in [6.45, 7) is 6.84. The Hall–Kier alpha value is -4.23. The Morgan fingerprint density at radius 3 is 1.94 bits per heavy atom. The summed E-state index contributed by atoms with van der Waals surface area (Å²) in [5.74, 6) is 0. The zero-order valence-corrected chi connectivity index (χ0v) is 20.8. The summed E-state index contributed by atoms with van der Waals surface area (Å²) >= 11 is 0. The van der Waals surface area contributed by atoms with Gasteiger partial charge in [0.15, 0.2) is 0 Å². The van der Waals surface area contributed by atoms with Crippen molar-refractivity contribution in [1.29, 1.82) is 0 Å². The lowest BCUT2D eigenvalue weighted by Crippen LogP contribution is -2.14. The first-order chi connectivity index (χ1) is 17.5. The first-order valence-electron chi connectivity index (χ1n) is 12.6. The lowest BCUT2D eigenvalue weighted by Gasteiger charge is -2.23. The van der Waals surface area contributed by atoms with E-state index in [9.17, 15) is 0 Å². The molecule has 1 aliphatic carbocycles. The Labute approximate surface area is 212 Å². The van der Waals surface area contributed by atoms with Gasteiger partial charge < -0.3 is 0 Å². The Morgan fingerprint density at radius 1 is 0.556 bits per heavy atom. The molecule has 0 amide bonds. The number of hydrogen-bond donors (Lipinski definition) is 0. The third-order valence-corrected chi connectivity index (χ3v) is 8.04. The first kappa shape index (κ1) is 21.1. The van der Waals surface area contributed by atoms with E-state index >= 15 is 0 Å². The van der Waals surface area contributed by atoms with Gasteiger partial charge in [-0.25, -0.2) is 0 Å². The molecule has 172 valence electrons. The van der Waals surface area contributed by atoms with Crippen LogP contribution in [0.15, 0.2) is 109 Å². The maximum Gasteiger partial charge on any atom is 0.0353 e. The van der Waals surface area contributed by atoms with E-state index in [0.29, 0.717) is 0 Å². The van der Waals surface area contributed by atoms with Crippen molar-refractivity contribution in [2.24, 2.45) is 0 Å². The standard InChI is InChI=1S/C35H27N/c1-22-12-14-23(15-13-22)33-27-9-4-5-10-28(27)34(29-18-19-36-21-30(29)33)24-16-17-26-25-8-6-7-11-31(25)35(2,3)32(26)20-24/h4-21H,1-3H3. The smallest absolute Gasteiger partial charge is 0.0353 e. The predicted octanol–water partition coefficient (Wildman–Crippen LogP) is 9.34. The number of aryl methyl sites for hydroxylation is 1. The number of rotatable bonds is 2. The van der Waals surface area contributed by atoms with Gasteiger partial charge in [-0.1, -0.05) is 104 Å². The van der Waals surface area contributed by atoms with Crippen LogP contribution in [0, 0.1) is 6.92 Å². The molecule has 0 N–H and O–H groups in total. The quantitative estimate of drug-likeness (QED) is 0.234. The molecular weight excluding hydrogens is 434 g/mol. The average molecular weight is 462 g/mol. The van der Waals surface area contributed by atoms with E-state index in [0.717, 1.165) is 0 Å². The summed E-state index contributed by atoms with van der Waals surface area (Å²) in [5.41, 5.74) is 11.8. The molecule has 0 spiro atoms. The summed E-state index contributed by atoms with van der Waals surface area (Å²) in [5, 5.41) is 4.98. The highest BCUT2D eigenvalue weighted by molar-refractivity contribution is 6.21. The van der Waals surface area contributed by atoms with Crippen molar-refractivity contribution < 1.29 is 0 Å². The Kier molecular flexibility index (Phi) is 4.47. The molecule has 1 nitrogen and oxygen atoms in total. The highest BCUT2D eigenvalue weighted by atomic mass is 14.6. The fraction of sp³-hybridized carbons (Fsp3) is 0.114. The average Bonchev–Trinajstić information content (AvgIpc) is 3.14. The van der Waals surface area contributed by atoms with Crippen LogP contribution in [-0.4, -0.2) is 4.98 Å². The van der Waals surface area contributed by atoms with Gasteiger partial charge in [-0.15, -0.1) is 0 Å². The van der Waals surface area contributed by atoms with Crippen molar-refractivity contribution in [1.82, 2.24) is 4.98 Å². The van der Waals surface area contributed by atoms with E-state index < -0.39 is 0 Å². The molecule has 1 heteroatoms. The fourth-order valence-corrected chi connectivity index (χ4v) is 6.22. The van der Waals surface area contributed by atoms with Crippen molar-refractivity contribution >= 4 is 21.5 Å². The van der Waals surface area contributed by atoms with E-state index in [4.69, 9.17) is 0 Å².